The molecule has 7 heteroatoms. The Bertz CT molecular complexity index is 837. The van der Waals surface area contributed by atoms with E-state index in [4.69, 9.17) is 9.47 Å². The minimum atomic E-state index is -0.386. The second-order valence-corrected chi connectivity index (χ2v) is 6.61. The second-order valence-electron chi connectivity index (χ2n) is 6.61. The van der Waals surface area contributed by atoms with Crippen LogP contribution in [0.2, 0.25) is 0 Å². The van der Waals surface area contributed by atoms with E-state index in [1.165, 1.54) is 29.2 Å². The summed E-state index contributed by atoms with van der Waals surface area (Å²) in [5, 5.41) is 2.67. The van der Waals surface area contributed by atoms with Crippen molar-refractivity contribution in [2.45, 2.75) is 33.7 Å². The van der Waals surface area contributed by atoms with E-state index in [-0.39, 0.29) is 30.2 Å². The van der Waals surface area contributed by atoms with Crippen molar-refractivity contribution >= 4 is 17.5 Å². The Hall–Kier alpha value is -3.09. The first-order valence-electron chi connectivity index (χ1n) is 9.61. The van der Waals surface area contributed by atoms with Crippen LogP contribution in [0.3, 0.4) is 0 Å². The van der Waals surface area contributed by atoms with Gasteiger partial charge in [-0.05, 0) is 70.2 Å². The lowest BCUT2D eigenvalue weighted by atomic mass is 10.1. The molecule has 2 aromatic rings. The third kappa shape index (κ3) is 6.20. The van der Waals surface area contributed by atoms with Gasteiger partial charge in [-0.3, -0.25) is 9.59 Å². The quantitative estimate of drug-likeness (QED) is 0.685. The molecule has 0 fully saturated rings. The van der Waals surface area contributed by atoms with Crippen molar-refractivity contribution in [3.63, 3.8) is 0 Å². The highest BCUT2D eigenvalue weighted by atomic mass is 19.1. The number of nitrogens with one attached hydrogen (secondary N) is 1. The molecule has 0 aliphatic heterocycles. The molecule has 2 rings (SSSR count). The fourth-order valence-electron chi connectivity index (χ4n) is 2.73. The molecule has 0 aliphatic rings. The fraction of sp³-hybridized carbons (Fsp3) is 0.364. The Labute approximate surface area is 170 Å². The van der Waals surface area contributed by atoms with Gasteiger partial charge in [0.1, 0.15) is 12.4 Å². The normalized spacial score (nSPS) is 10.6. The van der Waals surface area contributed by atoms with Crippen molar-refractivity contribution in [1.82, 2.24) is 4.90 Å². The molecule has 0 saturated heterocycles. The van der Waals surface area contributed by atoms with Crippen molar-refractivity contribution < 1.29 is 23.5 Å². The Kier molecular flexibility index (Phi) is 8.00. The molecular formula is C22H27FN2O4. The molecule has 6 nitrogen and oxygen atoms in total. The van der Waals surface area contributed by atoms with Gasteiger partial charge in [0.15, 0.2) is 11.5 Å². The summed E-state index contributed by atoms with van der Waals surface area (Å²) in [6.45, 7) is 8.17. The SMILES string of the molecule is CCOc1ccc(C(=O)N(CC(=O)Nc2ccc(F)cc2)C(C)C)cc1OCC. The fourth-order valence-corrected chi connectivity index (χ4v) is 2.73. The van der Waals surface area contributed by atoms with Crippen LogP contribution in [0.25, 0.3) is 0 Å². The first-order valence-corrected chi connectivity index (χ1v) is 9.61. The highest BCUT2D eigenvalue weighted by molar-refractivity contribution is 5.99. The van der Waals surface area contributed by atoms with Gasteiger partial charge in [-0.1, -0.05) is 0 Å². The van der Waals surface area contributed by atoms with E-state index in [9.17, 15) is 14.0 Å². The topological polar surface area (TPSA) is 67.9 Å². The molecular weight excluding hydrogens is 375 g/mol. The lowest BCUT2D eigenvalue weighted by molar-refractivity contribution is -0.117. The average Bonchev–Trinajstić information content (AvgIpc) is 2.69. The number of hydrogen-bond donors (Lipinski definition) is 1. The molecule has 156 valence electrons. The highest BCUT2D eigenvalue weighted by Gasteiger charge is 2.23. The van der Waals surface area contributed by atoms with Crippen LogP contribution in [0.4, 0.5) is 10.1 Å². The first kappa shape index (κ1) is 22.2. The maximum absolute atomic E-state index is 13.0. The third-order valence-corrected chi connectivity index (χ3v) is 4.12. The smallest absolute Gasteiger partial charge is 0.254 e. The van der Waals surface area contributed by atoms with Gasteiger partial charge in [-0.25, -0.2) is 4.39 Å². The summed E-state index contributed by atoms with van der Waals surface area (Å²) < 4.78 is 24.1. The van der Waals surface area contributed by atoms with Crippen LogP contribution in [-0.2, 0) is 4.79 Å². The van der Waals surface area contributed by atoms with Gasteiger partial charge in [0.2, 0.25) is 5.91 Å². The van der Waals surface area contributed by atoms with Crippen LogP contribution in [0, 0.1) is 5.82 Å². The molecule has 0 aromatic heterocycles. The zero-order valence-electron chi connectivity index (χ0n) is 17.2. The summed E-state index contributed by atoms with van der Waals surface area (Å²) in [7, 11) is 0. The summed E-state index contributed by atoms with van der Waals surface area (Å²) in [6.07, 6.45) is 0. The zero-order valence-corrected chi connectivity index (χ0v) is 17.2. The van der Waals surface area contributed by atoms with Crippen LogP contribution in [0.15, 0.2) is 42.5 Å². The number of amides is 2. The standard InChI is InChI=1S/C22H27FN2O4/c1-5-28-19-12-7-16(13-20(19)29-6-2)22(27)25(15(3)4)14-21(26)24-18-10-8-17(23)9-11-18/h7-13,15H,5-6,14H2,1-4H3,(H,24,26). The number of carbonyl (C=O) groups is 2. The van der Waals surface area contributed by atoms with Gasteiger partial charge in [-0.2, -0.15) is 0 Å². The van der Waals surface area contributed by atoms with Crippen molar-refractivity contribution in [2.75, 3.05) is 25.1 Å². The molecule has 2 amide bonds. The number of halogens is 1. The predicted octanol–water partition coefficient (Wildman–Crippen LogP) is 4.11. The number of benzene rings is 2. The van der Waals surface area contributed by atoms with Gasteiger partial charge in [0, 0.05) is 17.3 Å². The van der Waals surface area contributed by atoms with Crippen molar-refractivity contribution in [3.05, 3.63) is 53.8 Å². The maximum atomic E-state index is 13.0. The average molecular weight is 402 g/mol. The van der Waals surface area contributed by atoms with E-state index in [2.05, 4.69) is 5.32 Å². The summed E-state index contributed by atoms with van der Waals surface area (Å²) >= 11 is 0. The highest BCUT2D eigenvalue weighted by Crippen LogP contribution is 2.29. The number of rotatable bonds is 9. The third-order valence-electron chi connectivity index (χ3n) is 4.12. The largest absolute Gasteiger partial charge is 0.490 e. The first-order chi connectivity index (χ1) is 13.8. The van der Waals surface area contributed by atoms with Gasteiger partial charge >= 0.3 is 0 Å². The lowest BCUT2D eigenvalue weighted by Gasteiger charge is -2.26. The zero-order chi connectivity index (χ0) is 21.4. The number of carbonyl (C=O) groups excluding carboxylic acids is 2. The van der Waals surface area contributed by atoms with E-state index in [0.29, 0.717) is 36.0 Å². The summed E-state index contributed by atoms with van der Waals surface area (Å²) in [6, 6.07) is 10.2. The van der Waals surface area contributed by atoms with Crippen LogP contribution in [-0.4, -0.2) is 42.5 Å². The van der Waals surface area contributed by atoms with Crippen LogP contribution >= 0.6 is 0 Å². The summed E-state index contributed by atoms with van der Waals surface area (Å²) in [4.78, 5) is 26.9. The molecule has 0 unspecified atom stereocenters. The minimum Gasteiger partial charge on any atom is -0.490 e. The van der Waals surface area contributed by atoms with Gasteiger partial charge in [0.25, 0.3) is 5.91 Å². The van der Waals surface area contributed by atoms with E-state index in [1.54, 1.807) is 18.2 Å². The van der Waals surface area contributed by atoms with Crippen molar-refractivity contribution in [3.8, 4) is 11.5 Å². The predicted molar refractivity (Wildman–Crippen MR) is 110 cm³/mol. The van der Waals surface area contributed by atoms with E-state index < -0.39 is 0 Å². The van der Waals surface area contributed by atoms with E-state index >= 15 is 0 Å². The van der Waals surface area contributed by atoms with Crippen LogP contribution < -0.4 is 14.8 Å². The second kappa shape index (κ2) is 10.5. The Morgan fingerprint density at radius 1 is 1.00 bits per heavy atom. The van der Waals surface area contributed by atoms with E-state index in [1.807, 2.05) is 27.7 Å². The molecule has 29 heavy (non-hydrogen) atoms. The molecule has 0 spiro atoms. The number of ether oxygens (including phenoxy) is 2. The molecule has 0 saturated carbocycles. The molecule has 0 aliphatic carbocycles. The molecule has 0 bridgehead atoms. The number of anilines is 1. The lowest BCUT2D eigenvalue weighted by Crippen LogP contribution is -2.42. The molecule has 1 N–H and O–H groups in total. The Morgan fingerprint density at radius 3 is 2.21 bits per heavy atom. The van der Waals surface area contributed by atoms with Crippen molar-refractivity contribution in [1.29, 1.82) is 0 Å². The number of nitrogens with zero attached hydrogens (tertiary/aromatic N) is 1. The molecule has 0 heterocycles. The van der Waals surface area contributed by atoms with Gasteiger partial charge in [0.05, 0.1) is 13.2 Å². The number of hydrogen-bond acceptors (Lipinski definition) is 4. The summed E-state index contributed by atoms with van der Waals surface area (Å²) in [5.41, 5.74) is 0.868. The summed E-state index contributed by atoms with van der Waals surface area (Å²) in [5.74, 6) is 0.00573. The van der Waals surface area contributed by atoms with Crippen molar-refractivity contribution in [2.24, 2.45) is 0 Å². The minimum absolute atomic E-state index is 0.134. The molecule has 0 radical (unpaired) electrons. The molecule has 2 aromatic carbocycles. The molecule has 0 atom stereocenters. The van der Waals surface area contributed by atoms with Crippen LogP contribution in [0.5, 0.6) is 11.5 Å². The monoisotopic (exact) mass is 402 g/mol. The van der Waals surface area contributed by atoms with Gasteiger partial charge in [-0.15, -0.1) is 0 Å². The Morgan fingerprint density at radius 2 is 1.62 bits per heavy atom. The van der Waals surface area contributed by atoms with E-state index in [0.717, 1.165) is 0 Å². The van der Waals surface area contributed by atoms with Gasteiger partial charge < -0.3 is 19.7 Å². The Balaban J connectivity index is 2.16. The van der Waals surface area contributed by atoms with Crippen LogP contribution in [0.1, 0.15) is 38.1 Å². The maximum Gasteiger partial charge on any atom is 0.254 e.